The van der Waals surface area contributed by atoms with Gasteiger partial charge in [0, 0.05) is 14.1 Å². The second-order valence-corrected chi connectivity index (χ2v) is 3.46. The van der Waals surface area contributed by atoms with Gasteiger partial charge < -0.3 is 4.90 Å². The van der Waals surface area contributed by atoms with E-state index in [1.165, 1.54) is 18.5 Å². The molecule has 0 radical (unpaired) electrons. The third-order valence-electron chi connectivity index (χ3n) is 1.44. The van der Waals surface area contributed by atoms with Crippen LogP contribution in [0.5, 0.6) is 0 Å². The van der Waals surface area contributed by atoms with E-state index in [1.54, 1.807) is 19.0 Å². The zero-order valence-electron chi connectivity index (χ0n) is 7.17. The van der Waals surface area contributed by atoms with E-state index in [0.717, 1.165) is 0 Å². The SMILES string of the molecule is CC(=O)c1c(N(C)C)s[nH]c1=O. The van der Waals surface area contributed by atoms with Crippen LogP contribution in [0.25, 0.3) is 0 Å². The van der Waals surface area contributed by atoms with E-state index in [2.05, 4.69) is 4.37 Å². The summed E-state index contributed by atoms with van der Waals surface area (Å²) in [5.41, 5.74) is -0.0406. The summed E-state index contributed by atoms with van der Waals surface area (Å²) < 4.78 is 2.52. The first-order valence-electron chi connectivity index (χ1n) is 3.43. The van der Waals surface area contributed by atoms with Gasteiger partial charge in [-0.3, -0.25) is 14.0 Å². The summed E-state index contributed by atoms with van der Waals surface area (Å²) in [4.78, 5) is 23.9. The number of H-pyrrole nitrogens is 1. The quantitative estimate of drug-likeness (QED) is 0.692. The summed E-state index contributed by atoms with van der Waals surface area (Å²) in [6.45, 7) is 1.39. The van der Waals surface area contributed by atoms with Gasteiger partial charge >= 0.3 is 0 Å². The smallest absolute Gasteiger partial charge is 0.271 e. The lowest BCUT2D eigenvalue weighted by molar-refractivity contribution is 0.101. The number of carbonyl (C=O) groups is 1. The number of carbonyl (C=O) groups excluding carboxylic acids is 1. The Balaban J connectivity index is 3.31. The van der Waals surface area contributed by atoms with E-state index in [4.69, 9.17) is 0 Å². The van der Waals surface area contributed by atoms with Crippen molar-refractivity contribution in [2.24, 2.45) is 0 Å². The summed E-state index contributed by atoms with van der Waals surface area (Å²) in [6.07, 6.45) is 0. The molecular formula is C7H10N2O2S. The van der Waals surface area contributed by atoms with Crippen LogP contribution >= 0.6 is 11.5 Å². The van der Waals surface area contributed by atoms with Crippen molar-refractivity contribution in [1.29, 1.82) is 0 Å². The molecule has 0 atom stereocenters. The number of anilines is 1. The standard InChI is InChI=1S/C7H10N2O2S/c1-4(10)5-6(11)8-12-7(5)9(2)3/h1-3H3,(H,8,11). The van der Waals surface area contributed by atoms with Gasteiger partial charge in [0.05, 0.1) is 0 Å². The van der Waals surface area contributed by atoms with Crippen LogP contribution in [-0.2, 0) is 0 Å². The van der Waals surface area contributed by atoms with Gasteiger partial charge in [0.2, 0.25) is 0 Å². The Kier molecular flexibility index (Phi) is 2.32. The first-order chi connectivity index (χ1) is 5.54. The molecule has 0 aliphatic rings. The largest absolute Gasteiger partial charge is 0.368 e. The molecule has 0 bridgehead atoms. The highest BCUT2D eigenvalue weighted by Gasteiger charge is 2.15. The van der Waals surface area contributed by atoms with Crippen molar-refractivity contribution >= 4 is 22.3 Å². The van der Waals surface area contributed by atoms with Crippen LogP contribution in [0.4, 0.5) is 5.00 Å². The lowest BCUT2D eigenvalue weighted by atomic mass is 10.2. The molecule has 0 amide bonds. The van der Waals surface area contributed by atoms with Crippen LogP contribution in [0.15, 0.2) is 4.79 Å². The van der Waals surface area contributed by atoms with Gasteiger partial charge in [-0.15, -0.1) is 0 Å². The van der Waals surface area contributed by atoms with Crippen molar-refractivity contribution in [2.45, 2.75) is 6.92 Å². The number of nitrogens with zero attached hydrogens (tertiary/aromatic N) is 1. The maximum Gasteiger partial charge on any atom is 0.271 e. The number of ketones is 1. The fourth-order valence-electron chi connectivity index (χ4n) is 0.919. The van der Waals surface area contributed by atoms with E-state index in [1.807, 2.05) is 0 Å². The summed E-state index contributed by atoms with van der Waals surface area (Å²) in [6, 6.07) is 0. The third kappa shape index (κ3) is 1.40. The lowest BCUT2D eigenvalue weighted by Gasteiger charge is -2.08. The Morgan fingerprint density at radius 3 is 2.42 bits per heavy atom. The Morgan fingerprint density at radius 1 is 1.50 bits per heavy atom. The molecule has 0 fully saturated rings. The summed E-state index contributed by atoms with van der Waals surface area (Å²) in [7, 11) is 3.59. The molecule has 12 heavy (non-hydrogen) atoms. The van der Waals surface area contributed by atoms with Crippen LogP contribution in [0.1, 0.15) is 17.3 Å². The Bertz CT molecular complexity index is 351. The zero-order valence-corrected chi connectivity index (χ0v) is 7.99. The molecule has 1 aromatic rings. The normalized spacial score (nSPS) is 9.92. The minimum atomic E-state index is -0.295. The first kappa shape index (κ1) is 8.99. The number of hydrogen-bond acceptors (Lipinski definition) is 4. The summed E-state index contributed by atoms with van der Waals surface area (Å²) >= 11 is 1.18. The van der Waals surface area contributed by atoms with Crippen molar-refractivity contribution < 1.29 is 4.79 Å². The molecule has 4 nitrogen and oxygen atoms in total. The van der Waals surface area contributed by atoms with Gasteiger partial charge in [0.25, 0.3) is 5.56 Å². The molecule has 1 rings (SSSR count). The van der Waals surface area contributed by atoms with Gasteiger partial charge in [-0.2, -0.15) is 0 Å². The van der Waals surface area contributed by atoms with Crippen LogP contribution in [0, 0.1) is 0 Å². The minimum absolute atomic E-state index is 0.193. The van der Waals surface area contributed by atoms with Gasteiger partial charge in [0.15, 0.2) is 5.78 Å². The molecule has 1 aromatic heterocycles. The van der Waals surface area contributed by atoms with Gasteiger partial charge in [-0.25, -0.2) is 0 Å². The lowest BCUT2D eigenvalue weighted by Crippen LogP contribution is -2.15. The van der Waals surface area contributed by atoms with E-state index in [-0.39, 0.29) is 16.9 Å². The maximum absolute atomic E-state index is 11.1. The number of aromatic amines is 1. The van der Waals surface area contributed by atoms with E-state index in [9.17, 15) is 9.59 Å². The molecule has 0 aliphatic heterocycles. The van der Waals surface area contributed by atoms with Crippen LogP contribution in [0.3, 0.4) is 0 Å². The molecule has 0 saturated carbocycles. The monoisotopic (exact) mass is 186 g/mol. The summed E-state index contributed by atoms with van der Waals surface area (Å²) in [5.74, 6) is -0.193. The molecule has 0 saturated heterocycles. The maximum atomic E-state index is 11.1. The predicted octanol–water partition coefficient (Wildman–Crippen LogP) is 0.705. The van der Waals surface area contributed by atoms with Crippen molar-refractivity contribution in [1.82, 2.24) is 4.37 Å². The van der Waals surface area contributed by atoms with Gasteiger partial charge in [-0.1, -0.05) is 0 Å². The number of hydrogen-bond donors (Lipinski definition) is 1. The average molecular weight is 186 g/mol. The Labute approximate surface area is 74.0 Å². The van der Waals surface area contributed by atoms with Crippen molar-refractivity contribution in [3.8, 4) is 0 Å². The molecule has 1 heterocycles. The third-order valence-corrected chi connectivity index (χ3v) is 2.49. The summed E-state index contributed by atoms with van der Waals surface area (Å²) in [5, 5.41) is 0.688. The van der Waals surface area contributed by atoms with E-state index >= 15 is 0 Å². The van der Waals surface area contributed by atoms with Crippen molar-refractivity contribution in [3.05, 3.63) is 15.9 Å². The van der Waals surface area contributed by atoms with Crippen LogP contribution < -0.4 is 10.5 Å². The highest BCUT2D eigenvalue weighted by atomic mass is 32.1. The molecule has 0 aromatic carbocycles. The number of nitrogens with one attached hydrogen (secondary N) is 1. The van der Waals surface area contributed by atoms with E-state index in [0.29, 0.717) is 5.00 Å². The topological polar surface area (TPSA) is 53.2 Å². The van der Waals surface area contributed by atoms with Crippen molar-refractivity contribution in [2.75, 3.05) is 19.0 Å². The molecular weight excluding hydrogens is 176 g/mol. The zero-order chi connectivity index (χ0) is 9.30. The molecule has 1 N–H and O–H groups in total. The molecule has 0 unspecified atom stereocenters. The average Bonchev–Trinajstić information content (AvgIpc) is 2.30. The van der Waals surface area contributed by atoms with Crippen LogP contribution in [-0.4, -0.2) is 24.3 Å². The predicted molar refractivity (Wildman–Crippen MR) is 49.3 cm³/mol. The Morgan fingerprint density at radius 2 is 2.08 bits per heavy atom. The highest BCUT2D eigenvalue weighted by Crippen LogP contribution is 2.19. The number of aromatic nitrogens is 1. The van der Waals surface area contributed by atoms with Gasteiger partial charge in [0.1, 0.15) is 10.6 Å². The van der Waals surface area contributed by atoms with Crippen molar-refractivity contribution in [3.63, 3.8) is 0 Å². The molecule has 0 aliphatic carbocycles. The molecule has 5 heteroatoms. The number of rotatable bonds is 2. The minimum Gasteiger partial charge on any atom is -0.368 e. The second-order valence-electron chi connectivity index (χ2n) is 2.66. The van der Waals surface area contributed by atoms with E-state index < -0.39 is 0 Å². The second kappa shape index (κ2) is 3.10. The molecule has 0 spiro atoms. The first-order valence-corrected chi connectivity index (χ1v) is 4.25. The van der Waals surface area contributed by atoms with Gasteiger partial charge in [-0.05, 0) is 18.5 Å². The number of Topliss-reactive ketones (excluding diaryl/α,β-unsaturated/α-hetero) is 1. The molecule has 66 valence electrons. The fraction of sp³-hybridized carbons (Fsp3) is 0.429. The highest BCUT2D eigenvalue weighted by molar-refractivity contribution is 7.10. The Hall–Kier alpha value is -1.10. The van der Waals surface area contributed by atoms with Crippen LogP contribution in [0.2, 0.25) is 0 Å². The fourth-order valence-corrected chi connectivity index (χ4v) is 1.73.